The molecule has 0 fully saturated rings. The Labute approximate surface area is 172 Å². The zero-order valence-corrected chi connectivity index (χ0v) is 16.2. The molecule has 4 aromatic carbocycles. The van der Waals surface area contributed by atoms with Gasteiger partial charge in [0.15, 0.2) is 0 Å². The highest BCUT2D eigenvalue weighted by Gasteiger charge is 2.14. The van der Waals surface area contributed by atoms with E-state index in [0.717, 1.165) is 32.8 Å². The maximum atomic E-state index is 12.9. The van der Waals surface area contributed by atoms with Gasteiger partial charge >= 0.3 is 0 Å². The number of aromatic amines is 1. The lowest BCUT2D eigenvalue weighted by atomic mass is 9.98. The smallest absolute Gasteiger partial charge is 0.257 e. The van der Waals surface area contributed by atoms with Crippen LogP contribution in [0.25, 0.3) is 32.8 Å². The maximum Gasteiger partial charge on any atom is 0.257 e. The molecule has 0 saturated carbocycles. The normalized spacial score (nSPS) is 11.1. The molecule has 5 rings (SSSR count). The second-order valence-electron chi connectivity index (χ2n) is 6.92. The largest absolute Gasteiger partial charge is 0.360 e. The number of amides is 1. The van der Waals surface area contributed by atoms with Crippen molar-refractivity contribution in [1.82, 2.24) is 4.98 Å². The Morgan fingerprint density at radius 1 is 0.793 bits per heavy atom. The number of hydrogen-bond donors (Lipinski definition) is 2. The van der Waals surface area contributed by atoms with E-state index in [-0.39, 0.29) is 5.91 Å². The van der Waals surface area contributed by atoms with Crippen LogP contribution in [0.1, 0.15) is 10.4 Å². The van der Waals surface area contributed by atoms with Crippen LogP contribution in [-0.2, 0) is 0 Å². The van der Waals surface area contributed by atoms with Crippen LogP contribution in [0.15, 0.2) is 91.1 Å². The number of halogens is 1. The number of benzene rings is 4. The van der Waals surface area contributed by atoms with Crippen LogP contribution < -0.4 is 5.32 Å². The fourth-order valence-corrected chi connectivity index (χ4v) is 3.95. The molecule has 3 nitrogen and oxygen atoms in total. The van der Waals surface area contributed by atoms with Crippen LogP contribution in [0.4, 0.5) is 5.69 Å². The van der Waals surface area contributed by atoms with Crippen molar-refractivity contribution < 1.29 is 4.79 Å². The van der Waals surface area contributed by atoms with E-state index in [4.69, 9.17) is 11.6 Å². The standard InChI is InChI=1S/C25H17ClN2O/c26-23-13-12-17(28-25(29)22-15-27-24-11-4-3-9-20(22)24)14-21(23)19-10-5-7-16-6-1-2-8-18(16)19/h1-15,27H,(H,28,29). The van der Waals surface area contributed by atoms with Gasteiger partial charge in [-0.05, 0) is 40.6 Å². The van der Waals surface area contributed by atoms with E-state index in [9.17, 15) is 4.79 Å². The van der Waals surface area contributed by atoms with Crippen LogP contribution in [0, 0.1) is 0 Å². The lowest BCUT2D eigenvalue weighted by Gasteiger charge is -2.12. The molecule has 29 heavy (non-hydrogen) atoms. The number of rotatable bonds is 3. The van der Waals surface area contributed by atoms with Gasteiger partial charge in [-0.3, -0.25) is 4.79 Å². The molecule has 0 aliphatic carbocycles. The molecule has 0 atom stereocenters. The number of hydrogen-bond acceptors (Lipinski definition) is 1. The zero-order chi connectivity index (χ0) is 19.8. The minimum Gasteiger partial charge on any atom is -0.360 e. The summed E-state index contributed by atoms with van der Waals surface area (Å²) in [6.45, 7) is 0. The van der Waals surface area contributed by atoms with E-state index in [2.05, 4.69) is 34.6 Å². The van der Waals surface area contributed by atoms with Crippen molar-refractivity contribution in [2.75, 3.05) is 5.32 Å². The Morgan fingerprint density at radius 3 is 2.45 bits per heavy atom. The summed E-state index contributed by atoms with van der Waals surface area (Å²) in [5.41, 5.74) is 4.18. The average Bonchev–Trinajstić information content (AvgIpc) is 3.19. The lowest BCUT2D eigenvalue weighted by molar-refractivity contribution is 0.102. The molecule has 0 bridgehead atoms. The van der Waals surface area contributed by atoms with Crippen LogP contribution in [0.2, 0.25) is 5.02 Å². The van der Waals surface area contributed by atoms with Crippen LogP contribution in [-0.4, -0.2) is 10.9 Å². The van der Waals surface area contributed by atoms with Gasteiger partial charge in [0.1, 0.15) is 0 Å². The maximum absolute atomic E-state index is 12.9. The number of fused-ring (bicyclic) bond motifs is 2. The number of carbonyl (C=O) groups is 1. The first-order valence-corrected chi connectivity index (χ1v) is 9.74. The van der Waals surface area contributed by atoms with Gasteiger partial charge in [0.25, 0.3) is 5.91 Å². The van der Waals surface area contributed by atoms with Crippen LogP contribution in [0.5, 0.6) is 0 Å². The van der Waals surface area contributed by atoms with E-state index in [1.807, 2.05) is 60.7 Å². The van der Waals surface area contributed by atoms with Crippen LogP contribution in [0.3, 0.4) is 0 Å². The van der Waals surface area contributed by atoms with E-state index in [0.29, 0.717) is 16.3 Å². The fraction of sp³-hybridized carbons (Fsp3) is 0. The predicted molar refractivity (Wildman–Crippen MR) is 121 cm³/mol. The number of anilines is 1. The summed E-state index contributed by atoms with van der Waals surface area (Å²) >= 11 is 6.53. The van der Waals surface area contributed by atoms with Crippen molar-refractivity contribution in [3.8, 4) is 11.1 Å². The highest BCUT2D eigenvalue weighted by atomic mass is 35.5. The van der Waals surface area contributed by atoms with Crippen LogP contribution >= 0.6 is 11.6 Å². The van der Waals surface area contributed by atoms with Gasteiger partial charge in [-0.2, -0.15) is 0 Å². The molecule has 140 valence electrons. The van der Waals surface area contributed by atoms with Gasteiger partial charge in [0.2, 0.25) is 0 Å². The summed E-state index contributed by atoms with van der Waals surface area (Å²) in [4.78, 5) is 16.0. The number of H-pyrrole nitrogens is 1. The van der Waals surface area contributed by atoms with Crippen molar-refractivity contribution in [3.05, 3.63) is 102 Å². The quantitative estimate of drug-likeness (QED) is 0.342. The highest BCUT2D eigenvalue weighted by molar-refractivity contribution is 6.34. The Kier molecular flexibility index (Phi) is 4.30. The monoisotopic (exact) mass is 396 g/mol. The predicted octanol–water partition coefficient (Wildman–Crippen LogP) is 6.89. The van der Waals surface area contributed by atoms with Gasteiger partial charge in [-0.15, -0.1) is 0 Å². The molecular weight excluding hydrogens is 380 g/mol. The minimum atomic E-state index is -0.159. The number of carbonyl (C=O) groups excluding carboxylic acids is 1. The minimum absolute atomic E-state index is 0.159. The fourth-order valence-electron chi connectivity index (χ4n) is 3.73. The van der Waals surface area contributed by atoms with Crippen molar-refractivity contribution in [3.63, 3.8) is 0 Å². The molecule has 0 saturated heterocycles. The van der Waals surface area contributed by atoms with E-state index < -0.39 is 0 Å². The molecule has 0 unspecified atom stereocenters. The molecular formula is C25H17ClN2O. The second kappa shape index (κ2) is 7.12. The Balaban J connectivity index is 1.54. The van der Waals surface area contributed by atoms with E-state index >= 15 is 0 Å². The number of nitrogens with one attached hydrogen (secondary N) is 2. The summed E-state index contributed by atoms with van der Waals surface area (Å²) in [5.74, 6) is -0.159. The summed E-state index contributed by atoms with van der Waals surface area (Å²) < 4.78 is 0. The highest BCUT2D eigenvalue weighted by Crippen LogP contribution is 2.35. The molecule has 2 N–H and O–H groups in total. The van der Waals surface area contributed by atoms with Crippen molar-refractivity contribution in [1.29, 1.82) is 0 Å². The third-order valence-corrected chi connectivity index (χ3v) is 5.47. The summed E-state index contributed by atoms with van der Waals surface area (Å²) in [6.07, 6.45) is 1.74. The van der Waals surface area contributed by atoms with E-state index in [1.54, 1.807) is 6.20 Å². The molecule has 1 heterocycles. The SMILES string of the molecule is O=C(Nc1ccc(Cl)c(-c2cccc3ccccc23)c1)c1c[nH]c2ccccc12. The molecule has 5 aromatic rings. The van der Waals surface area contributed by atoms with Crippen molar-refractivity contribution >= 4 is 44.9 Å². The summed E-state index contributed by atoms with van der Waals surface area (Å²) in [6, 6.07) is 27.7. The number of aromatic nitrogens is 1. The van der Waals surface area contributed by atoms with Gasteiger partial charge in [0, 0.05) is 33.4 Å². The zero-order valence-electron chi connectivity index (χ0n) is 15.4. The average molecular weight is 397 g/mol. The Morgan fingerprint density at radius 2 is 1.55 bits per heavy atom. The first-order valence-electron chi connectivity index (χ1n) is 9.36. The molecule has 0 aliphatic rings. The Hall–Kier alpha value is -3.56. The lowest BCUT2D eigenvalue weighted by Crippen LogP contribution is -2.11. The first kappa shape index (κ1) is 17.5. The first-order chi connectivity index (χ1) is 14.2. The summed E-state index contributed by atoms with van der Waals surface area (Å²) in [7, 11) is 0. The third-order valence-electron chi connectivity index (χ3n) is 5.14. The second-order valence-corrected chi connectivity index (χ2v) is 7.33. The summed E-state index contributed by atoms with van der Waals surface area (Å²) in [5, 5.41) is 6.82. The van der Waals surface area contributed by atoms with Gasteiger partial charge in [-0.1, -0.05) is 72.3 Å². The molecule has 1 aromatic heterocycles. The third kappa shape index (κ3) is 3.16. The topological polar surface area (TPSA) is 44.9 Å². The van der Waals surface area contributed by atoms with Crippen molar-refractivity contribution in [2.24, 2.45) is 0 Å². The molecule has 0 aliphatic heterocycles. The number of para-hydroxylation sites is 1. The van der Waals surface area contributed by atoms with Gasteiger partial charge in [-0.25, -0.2) is 0 Å². The molecule has 0 radical (unpaired) electrons. The van der Waals surface area contributed by atoms with E-state index in [1.165, 1.54) is 0 Å². The Bertz CT molecular complexity index is 1360. The van der Waals surface area contributed by atoms with Gasteiger partial charge in [0.05, 0.1) is 5.56 Å². The van der Waals surface area contributed by atoms with Gasteiger partial charge < -0.3 is 10.3 Å². The molecule has 4 heteroatoms. The molecule has 1 amide bonds. The molecule has 0 spiro atoms. The van der Waals surface area contributed by atoms with Crippen molar-refractivity contribution in [2.45, 2.75) is 0 Å².